The number of benzene rings is 2. The van der Waals surface area contributed by atoms with E-state index >= 15 is 4.39 Å². The van der Waals surface area contributed by atoms with Crippen molar-refractivity contribution in [1.29, 1.82) is 5.26 Å². The van der Waals surface area contributed by atoms with Crippen molar-refractivity contribution >= 4 is 54.7 Å². The van der Waals surface area contributed by atoms with Crippen LogP contribution in [-0.4, -0.2) is 65.7 Å². The van der Waals surface area contributed by atoms with E-state index in [1.807, 2.05) is 11.0 Å². The lowest BCUT2D eigenvalue weighted by atomic mass is 9.86. The van der Waals surface area contributed by atoms with Crippen molar-refractivity contribution in [2.45, 2.75) is 63.5 Å². The van der Waals surface area contributed by atoms with Crippen LogP contribution in [0.3, 0.4) is 0 Å². The predicted molar refractivity (Wildman–Crippen MR) is 177 cm³/mol. The molecule has 4 aliphatic heterocycles. The molecule has 8 nitrogen and oxygen atoms in total. The topological polar surface area (TPSA) is 101 Å². The molecule has 3 saturated heterocycles. The Bertz CT molecular complexity index is 2000. The van der Waals surface area contributed by atoms with Crippen molar-refractivity contribution in [1.82, 2.24) is 14.9 Å². The summed E-state index contributed by atoms with van der Waals surface area (Å²) in [5, 5.41) is 10.2. The Hall–Kier alpha value is -3.60. The summed E-state index contributed by atoms with van der Waals surface area (Å²) in [6.07, 6.45) is 1.50. The van der Waals surface area contributed by atoms with Crippen LogP contribution >= 0.6 is 22.9 Å². The number of aromatic nitrogens is 2. The third-order valence-corrected chi connectivity index (χ3v) is 12.1. The Balaban J connectivity index is 1.36. The molecule has 4 atom stereocenters. The summed E-state index contributed by atoms with van der Waals surface area (Å²) in [6.45, 7) is 4.92. The molecule has 0 saturated carbocycles. The number of alkyl halides is 2. The molecular formula is C34H33ClF4N6O2S. The molecule has 4 aliphatic rings. The molecule has 0 radical (unpaired) electrons. The van der Waals surface area contributed by atoms with E-state index in [9.17, 15) is 18.4 Å². The van der Waals surface area contributed by atoms with Gasteiger partial charge in [-0.1, -0.05) is 24.6 Å². The van der Waals surface area contributed by atoms with E-state index in [1.165, 1.54) is 12.1 Å². The number of ether oxygens (including phenoxy) is 2. The number of hydrogen-bond acceptors (Lipinski definition) is 9. The third-order valence-electron chi connectivity index (χ3n) is 10.7. The van der Waals surface area contributed by atoms with Crippen molar-refractivity contribution in [2.24, 2.45) is 11.8 Å². The maximum atomic E-state index is 17.2. The average Bonchev–Trinajstić information content (AvgIpc) is 3.70. The van der Waals surface area contributed by atoms with Crippen LogP contribution < -0.4 is 20.1 Å². The fraction of sp³-hybridized carbons (Fsp3) is 0.500. The smallest absolute Gasteiger partial charge is 0.319 e. The van der Waals surface area contributed by atoms with Crippen molar-refractivity contribution < 1.29 is 27.0 Å². The van der Waals surface area contributed by atoms with Gasteiger partial charge in [0.25, 0.3) is 0 Å². The summed E-state index contributed by atoms with van der Waals surface area (Å²) in [6, 6.07) is 3.88. The number of nitrogen functional groups attached to an aromatic ring is 1. The van der Waals surface area contributed by atoms with Crippen LogP contribution in [0.1, 0.15) is 51.0 Å². The Morgan fingerprint density at radius 3 is 2.83 bits per heavy atom. The van der Waals surface area contributed by atoms with E-state index in [4.69, 9.17) is 31.8 Å². The Kier molecular flexibility index (Phi) is 7.77. The van der Waals surface area contributed by atoms with Crippen molar-refractivity contribution in [2.75, 3.05) is 43.5 Å². The minimum atomic E-state index is -2.56. The van der Waals surface area contributed by atoms with E-state index in [1.54, 1.807) is 0 Å². The van der Waals surface area contributed by atoms with E-state index < -0.39 is 30.0 Å². The zero-order chi connectivity index (χ0) is 33.5. The van der Waals surface area contributed by atoms with Gasteiger partial charge in [-0.25, -0.2) is 17.6 Å². The number of anilines is 2. The Morgan fingerprint density at radius 1 is 1.21 bits per heavy atom. The molecule has 0 amide bonds. The summed E-state index contributed by atoms with van der Waals surface area (Å²) in [5.74, 6) is -1.57. The lowest BCUT2D eigenvalue weighted by Crippen LogP contribution is -2.49. The van der Waals surface area contributed by atoms with Crippen LogP contribution in [0.2, 0.25) is 5.02 Å². The molecule has 48 heavy (non-hydrogen) atoms. The molecule has 2 aromatic heterocycles. The van der Waals surface area contributed by atoms with Gasteiger partial charge in [0.1, 0.15) is 34.8 Å². The molecule has 14 heteroatoms. The van der Waals surface area contributed by atoms with Crippen LogP contribution in [0.15, 0.2) is 12.1 Å². The van der Waals surface area contributed by atoms with Gasteiger partial charge >= 0.3 is 6.01 Å². The van der Waals surface area contributed by atoms with E-state index in [0.717, 1.165) is 43.7 Å². The van der Waals surface area contributed by atoms with Gasteiger partial charge in [0.2, 0.25) is 6.43 Å². The van der Waals surface area contributed by atoms with E-state index in [2.05, 4.69) is 16.8 Å². The van der Waals surface area contributed by atoms with Crippen LogP contribution in [0.25, 0.3) is 32.1 Å². The van der Waals surface area contributed by atoms with E-state index in [-0.39, 0.29) is 83.8 Å². The number of nitrogens with zero attached hydrogens (tertiary/aromatic N) is 5. The SMILES string of the molecule is C[C@H]1CN2CCCC2(COc2nc3c4c(c(Cl)c(-c5ccc(F)c6sc(N)c(C#N)c56)c(F)c4n2)OCCC2C(C(F)F)CCCN32)C1. The van der Waals surface area contributed by atoms with E-state index in [0.29, 0.717) is 31.9 Å². The summed E-state index contributed by atoms with van der Waals surface area (Å²) >= 11 is 7.91. The average molecular weight is 701 g/mol. The number of hydrogen-bond donors (Lipinski definition) is 1. The number of halogens is 5. The molecular weight excluding hydrogens is 668 g/mol. The molecule has 2 aromatic carbocycles. The fourth-order valence-corrected chi connectivity index (χ4v) is 9.99. The highest BCUT2D eigenvalue weighted by atomic mass is 35.5. The first-order chi connectivity index (χ1) is 23.1. The monoisotopic (exact) mass is 700 g/mol. The van der Waals surface area contributed by atoms with Crippen molar-refractivity contribution in [3.63, 3.8) is 0 Å². The second-order valence-electron chi connectivity index (χ2n) is 13.5. The highest BCUT2D eigenvalue weighted by Gasteiger charge is 2.48. The maximum Gasteiger partial charge on any atom is 0.319 e. The van der Waals surface area contributed by atoms with Gasteiger partial charge in [-0.3, -0.25) is 4.90 Å². The standard InChI is InChI=1S/C34H33ClF4N6O2S/c1-16-12-34(8-3-9-44(34)14-16)15-47-33-42-27-24-28(46-11-7-21-17(30(38)39)4-2-10-45(21)32(24)43-33)25(35)23(26(27)37)18-5-6-20(36)29-22(18)19(13-40)31(41)48-29/h5-6,16-17,21,30H,2-4,7-12,14-15,41H2,1H3/t16-,17?,21?,34?/m1/s1. The summed E-state index contributed by atoms with van der Waals surface area (Å²) in [4.78, 5) is 13.7. The number of piperidine rings is 1. The molecule has 8 rings (SSSR count). The minimum Gasteiger partial charge on any atom is -0.491 e. The number of fused-ring (bicyclic) bond motifs is 4. The number of nitrogens with two attached hydrogens (primary N) is 1. The molecule has 4 aromatic rings. The molecule has 252 valence electrons. The minimum absolute atomic E-state index is 0.0106. The molecule has 2 N–H and O–H groups in total. The van der Waals surface area contributed by atoms with Crippen LogP contribution in [0, 0.1) is 34.8 Å². The largest absolute Gasteiger partial charge is 0.491 e. The quantitative estimate of drug-likeness (QED) is 0.211. The lowest BCUT2D eigenvalue weighted by molar-refractivity contribution is 0.0415. The summed E-state index contributed by atoms with van der Waals surface area (Å²) in [7, 11) is 0. The number of rotatable bonds is 5. The molecule has 6 heterocycles. The third kappa shape index (κ3) is 4.77. The fourth-order valence-electron chi connectivity index (χ4n) is 8.70. The summed E-state index contributed by atoms with van der Waals surface area (Å²) in [5.41, 5.74) is 5.77. The summed E-state index contributed by atoms with van der Waals surface area (Å²) < 4.78 is 73.6. The molecule has 3 unspecified atom stereocenters. The van der Waals surface area contributed by atoms with Gasteiger partial charge in [-0.2, -0.15) is 15.2 Å². The Labute approximate surface area is 283 Å². The van der Waals surface area contributed by atoms with Gasteiger partial charge < -0.3 is 20.1 Å². The van der Waals surface area contributed by atoms with Gasteiger partial charge in [0.05, 0.1) is 32.8 Å². The van der Waals surface area contributed by atoms with Crippen molar-refractivity contribution in [3.05, 3.63) is 34.4 Å². The molecule has 0 spiro atoms. The van der Waals surface area contributed by atoms with Crippen LogP contribution in [0.4, 0.5) is 28.4 Å². The van der Waals surface area contributed by atoms with Crippen LogP contribution in [0.5, 0.6) is 11.8 Å². The predicted octanol–water partition coefficient (Wildman–Crippen LogP) is 7.78. The second-order valence-corrected chi connectivity index (χ2v) is 15.0. The second kappa shape index (κ2) is 11.8. The molecule has 0 bridgehead atoms. The first-order valence-corrected chi connectivity index (χ1v) is 17.5. The first kappa shape index (κ1) is 31.7. The highest BCUT2D eigenvalue weighted by Crippen LogP contribution is 2.52. The maximum absolute atomic E-state index is 17.2. The molecule has 3 fully saturated rings. The van der Waals surface area contributed by atoms with Gasteiger partial charge in [-0.15, -0.1) is 11.3 Å². The molecule has 0 aliphatic carbocycles. The lowest BCUT2D eigenvalue weighted by Gasteiger charge is -2.43. The number of nitriles is 1. The van der Waals surface area contributed by atoms with Gasteiger partial charge in [-0.05, 0) is 56.2 Å². The zero-order valence-electron chi connectivity index (χ0n) is 26.2. The van der Waals surface area contributed by atoms with Crippen LogP contribution in [-0.2, 0) is 0 Å². The van der Waals surface area contributed by atoms with Gasteiger partial charge in [0, 0.05) is 42.4 Å². The zero-order valence-corrected chi connectivity index (χ0v) is 27.7. The normalized spacial score (nSPS) is 25.5. The first-order valence-electron chi connectivity index (χ1n) is 16.3. The highest BCUT2D eigenvalue weighted by molar-refractivity contribution is 7.23. The van der Waals surface area contributed by atoms with Gasteiger partial charge in [0.15, 0.2) is 11.6 Å². The number of thiophene rings is 1. The van der Waals surface area contributed by atoms with Crippen molar-refractivity contribution in [3.8, 4) is 29.0 Å². The Morgan fingerprint density at radius 2 is 2.04 bits per heavy atom.